The molecule has 0 aliphatic carbocycles. The minimum absolute atomic E-state index is 0.211. The van der Waals surface area contributed by atoms with Gasteiger partial charge in [0, 0.05) is 10.6 Å². The number of benzene rings is 2. The fourth-order valence-corrected chi connectivity index (χ4v) is 5.08. The first kappa shape index (κ1) is 23.8. The molecule has 1 atom stereocenters. The SMILES string of the molecule is CCOC(=O)C1=C(C)N=c2s/c(=C\c3cccc(OC)c3OC)c(=O)n2C1c1ccc(Cl)cc1. The van der Waals surface area contributed by atoms with Crippen molar-refractivity contribution >= 4 is 35.0 Å². The van der Waals surface area contributed by atoms with Gasteiger partial charge in [-0.3, -0.25) is 9.36 Å². The molecule has 1 unspecified atom stereocenters. The molecule has 2 heterocycles. The number of methoxy groups -OCH3 is 2. The minimum Gasteiger partial charge on any atom is -0.493 e. The number of allylic oxidation sites excluding steroid dienone is 1. The van der Waals surface area contributed by atoms with Crippen LogP contribution in [0.1, 0.15) is 31.0 Å². The number of ether oxygens (including phenoxy) is 3. The fraction of sp³-hybridized carbons (Fsp3) is 0.240. The molecule has 2 aromatic carbocycles. The summed E-state index contributed by atoms with van der Waals surface area (Å²) < 4.78 is 18.2. The van der Waals surface area contributed by atoms with Crippen molar-refractivity contribution in [1.29, 1.82) is 0 Å². The molecular formula is C25H23ClN2O5S. The molecule has 1 aliphatic rings. The third-order valence-electron chi connectivity index (χ3n) is 5.42. The van der Waals surface area contributed by atoms with Crippen LogP contribution in [0.15, 0.2) is 63.5 Å². The standard InChI is InChI=1S/C25H23ClN2O5S/c1-5-33-24(30)20-14(2)27-25-28(21(20)15-9-11-17(26)12-10-15)23(29)19(34-25)13-16-7-6-8-18(31-3)22(16)32-4/h6-13,21H,5H2,1-4H3/b19-13-. The quantitative estimate of drug-likeness (QED) is 0.486. The Morgan fingerprint density at radius 1 is 1.18 bits per heavy atom. The summed E-state index contributed by atoms with van der Waals surface area (Å²) in [4.78, 5) is 31.7. The third-order valence-corrected chi connectivity index (χ3v) is 6.66. The number of nitrogens with zero attached hydrogens (tertiary/aromatic N) is 2. The van der Waals surface area contributed by atoms with Gasteiger partial charge in [0.2, 0.25) is 0 Å². The van der Waals surface area contributed by atoms with Gasteiger partial charge in [0.25, 0.3) is 5.56 Å². The van der Waals surface area contributed by atoms with E-state index in [0.29, 0.717) is 42.7 Å². The molecule has 7 nitrogen and oxygen atoms in total. The lowest BCUT2D eigenvalue weighted by atomic mass is 9.96. The van der Waals surface area contributed by atoms with Crippen molar-refractivity contribution in [3.63, 3.8) is 0 Å². The highest BCUT2D eigenvalue weighted by molar-refractivity contribution is 7.07. The molecule has 0 radical (unpaired) electrons. The van der Waals surface area contributed by atoms with E-state index in [2.05, 4.69) is 4.99 Å². The number of carbonyl (C=O) groups excluding carboxylic acids is 1. The summed E-state index contributed by atoms with van der Waals surface area (Å²) in [7, 11) is 3.10. The lowest BCUT2D eigenvalue weighted by Crippen LogP contribution is -2.39. The lowest BCUT2D eigenvalue weighted by molar-refractivity contribution is -0.139. The zero-order valence-electron chi connectivity index (χ0n) is 19.1. The van der Waals surface area contributed by atoms with Gasteiger partial charge in [-0.05, 0) is 43.7 Å². The van der Waals surface area contributed by atoms with Crippen LogP contribution in [0.5, 0.6) is 11.5 Å². The van der Waals surface area contributed by atoms with Gasteiger partial charge in [0.15, 0.2) is 16.3 Å². The van der Waals surface area contributed by atoms with Crippen LogP contribution in [0.4, 0.5) is 0 Å². The van der Waals surface area contributed by atoms with Gasteiger partial charge < -0.3 is 14.2 Å². The van der Waals surface area contributed by atoms with Crippen LogP contribution < -0.4 is 24.4 Å². The van der Waals surface area contributed by atoms with Crippen molar-refractivity contribution in [2.45, 2.75) is 19.9 Å². The molecule has 0 fully saturated rings. The van der Waals surface area contributed by atoms with Crippen LogP contribution in [0.25, 0.3) is 6.08 Å². The summed E-state index contributed by atoms with van der Waals surface area (Å²) in [5.41, 5.74) is 1.97. The number of fused-ring (bicyclic) bond motifs is 1. The Labute approximate surface area is 205 Å². The van der Waals surface area contributed by atoms with E-state index in [0.717, 1.165) is 5.56 Å². The summed E-state index contributed by atoms with van der Waals surface area (Å²) in [5, 5.41) is 0.555. The van der Waals surface area contributed by atoms with Gasteiger partial charge in [-0.1, -0.05) is 47.2 Å². The van der Waals surface area contributed by atoms with Gasteiger partial charge in [-0.25, -0.2) is 9.79 Å². The van der Waals surface area contributed by atoms with E-state index in [9.17, 15) is 9.59 Å². The largest absolute Gasteiger partial charge is 0.493 e. The van der Waals surface area contributed by atoms with Crippen molar-refractivity contribution in [3.8, 4) is 11.5 Å². The number of esters is 1. The second-order valence-electron chi connectivity index (χ2n) is 7.44. The molecule has 1 aliphatic heterocycles. The van der Waals surface area contributed by atoms with Crippen molar-refractivity contribution in [1.82, 2.24) is 4.57 Å². The van der Waals surface area contributed by atoms with Crippen molar-refractivity contribution in [2.75, 3.05) is 20.8 Å². The van der Waals surface area contributed by atoms with Gasteiger partial charge in [0.1, 0.15) is 0 Å². The van der Waals surface area contributed by atoms with Crippen LogP contribution in [-0.4, -0.2) is 31.4 Å². The molecule has 9 heteroatoms. The molecule has 0 amide bonds. The van der Waals surface area contributed by atoms with Gasteiger partial charge in [-0.2, -0.15) is 0 Å². The zero-order valence-corrected chi connectivity index (χ0v) is 20.7. The second kappa shape index (κ2) is 9.87. The number of para-hydroxylation sites is 1. The van der Waals surface area contributed by atoms with E-state index in [-0.39, 0.29) is 12.2 Å². The number of aromatic nitrogens is 1. The number of carbonyl (C=O) groups is 1. The molecule has 0 N–H and O–H groups in total. The summed E-state index contributed by atoms with van der Waals surface area (Å²) in [6, 6.07) is 11.8. The van der Waals surface area contributed by atoms with Crippen LogP contribution in [-0.2, 0) is 9.53 Å². The fourth-order valence-electron chi connectivity index (χ4n) is 3.92. The zero-order chi connectivity index (χ0) is 24.4. The molecule has 34 heavy (non-hydrogen) atoms. The molecular weight excluding hydrogens is 476 g/mol. The van der Waals surface area contributed by atoms with E-state index in [1.165, 1.54) is 15.9 Å². The number of hydrogen-bond donors (Lipinski definition) is 0. The molecule has 176 valence electrons. The molecule has 3 aromatic rings. The van der Waals surface area contributed by atoms with Crippen molar-refractivity contribution in [3.05, 3.63) is 89.6 Å². The number of thiazole rings is 1. The summed E-state index contributed by atoms with van der Waals surface area (Å²) in [6.07, 6.45) is 1.74. The summed E-state index contributed by atoms with van der Waals surface area (Å²) in [6.45, 7) is 3.70. The van der Waals surface area contributed by atoms with E-state index in [1.807, 2.05) is 12.1 Å². The Morgan fingerprint density at radius 3 is 2.56 bits per heavy atom. The number of halogens is 1. The molecule has 4 rings (SSSR count). The predicted molar refractivity (Wildman–Crippen MR) is 131 cm³/mol. The predicted octanol–water partition coefficient (Wildman–Crippen LogP) is 3.47. The van der Waals surface area contributed by atoms with Crippen molar-refractivity contribution < 1.29 is 19.0 Å². The van der Waals surface area contributed by atoms with Crippen LogP contribution in [0.2, 0.25) is 5.02 Å². The Morgan fingerprint density at radius 2 is 1.91 bits per heavy atom. The average Bonchev–Trinajstić information content (AvgIpc) is 3.13. The van der Waals surface area contributed by atoms with Gasteiger partial charge in [0.05, 0.1) is 42.7 Å². The first-order valence-electron chi connectivity index (χ1n) is 10.6. The topological polar surface area (TPSA) is 79.1 Å². The molecule has 0 saturated heterocycles. The first-order chi connectivity index (χ1) is 16.4. The Balaban J connectivity index is 1.97. The highest BCUT2D eigenvalue weighted by Crippen LogP contribution is 2.32. The van der Waals surface area contributed by atoms with E-state index in [1.54, 1.807) is 64.5 Å². The summed E-state index contributed by atoms with van der Waals surface area (Å²) in [5.74, 6) is 0.574. The summed E-state index contributed by atoms with van der Waals surface area (Å²) >= 11 is 7.33. The maximum absolute atomic E-state index is 13.7. The number of rotatable bonds is 6. The average molecular weight is 499 g/mol. The first-order valence-corrected chi connectivity index (χ1v) is 11.7. The highest BCUT2D eigenvalue weighted by Gasteiger charge is 2.33. The van der Waals surface area contributed by atoms with Crippen molar-refractivity contribution in [2.24, 2.45) is 4.99 Å². The van der Waals surface area contributed by atoms with E-state index >= 15 is 0 Å². The smallest absolute Gasteiger partial charge is 0.338 e. The van der Waals surface area contributed by atoms with E-state index in [4.69, 9.17) is 25.8 Å². The number of hydrogen-bond acceptors (Lipinski definition) is 7. The van der Waals surface area contributed by atoms with Crippen LogP contribution in [0.3, 0.4) is 0 Å². The molecule has 0 saturated carbocycles. The Bertz CT molecular complexity index is 1450. The highest BCUT2D eigenvalue weighted by atomic mass is 35.5. The van der Waals surface area contributed by atoms with Gasteiger partial charge in [-0.15, -0.1) is 0 Å². The van der Waals surface area contributed by atoms with E-state index < -0.39 is 12.0 Å². The molecule has 0 bridgehead atoms. The monoisotopic (exact) mass is 498 g/mol. The van der Waals surface area contributed by atoms with Gasteiger partial charge >= 0.3 is 5.97 Å². The maximum Gasteiger partial charge on any atom is 0.338 e. The second-order valence-corrected chi connectivity index (χ2v) is 8.88. The minimum atomic E-state index is -0.693. The van der Waals surface area contributed by atoms with Crippen LogP contribution in [0, 0.1) is 0 Å². The maximum atomic E-state index is 13.7. The lowest BCUT2D eigenvalue weighted by Gasteiger charge is -2.24. The Hall–Kier alpha value is -3.36. The third kappa shape index (κ3) is 4.26. The normalized spacial score (nSPS) is 15.6. The van der Waals surface area contributed by atoms with Crippen LogP contribution >= 0.6 is 22.9 Å². The Kier molecular flexibility index (Phi) is 6.90. The molecule has 1 aromatic heterocycles. The molecule has 0 spiro atoms.